The zero-order chi connectivity index (χ0) is 22.2. The molecule has 2 aliphatic heterocycles. The second kappa shape index (κ2) is 8.68. The van der Waals surface area contributed by atoms with Crippen LogP contribution in [0.2, 0.25) is 0 Å². The molecule has 0 unspecified atom stereocenters. The lowest BCUT2D eigenvalue weighted by Crippen LogP contribution is -2.55. The van der Waals surface area contributed by atoms with Crippen molar-refractivity contribution in [2.24, 2.45) is 5.92 Å². The van der Waals surface area contributed by atoms with Crippen molar-refractivity contribution in [1.82, 2.24) is 0 Å². The van der Waals surface area contributed by atoms with Gasteiger partial charge in [0, 0.05) is 7.11 Å². The minimum atomic E-state index is -0.314. The van der Waals surface area contributed by atoms with Crippen LogP contribution in [-0.4, -0.2) is 49.2 Å². The van der Waals surface area contributed by atoms with E-state index in [4.69, 9.17) is 18.9 Å². The molecule has 1 spiro atoms. The van der Waals surface area contributed by atoms with Gasteiger partial charge in [-0.3, -0.25) is 4.79 Å². The molecule has 2 heterocycles. The van der Waals surface area contributed by atoms with Crippen LogP contribution in [0.1, 0.15) is 64.9 Å². The van der Waals surface area contributed by atoms with E-state index in [1.807, 2.05) is 18.2 Å². The Balaban J connectivity index is 1.43. The summed E-state index contributed by atoms with van der Waals surface area (Å²) in [6.07, 6.45) is 4.76. The molecule has 1 aliphatic carbocycles. The molecule has 0 amide bonds. The van der Waals surface area contributed by atoms with Gasteiger partial charge in [0.1, 0.15) is 23.4 Å². The quantitative estimate of drug-likeness (QED) is 0.338. The summed E-state index contributed by atoms with van der Waals surface area (Å²) in [5.74, 6) is 0.00126. The van der Waals surface area contributed by atoms with E-state index in [1.165, 1.54) is 5.57 Å². The van der Waals surface area contributed by atoms with Gasteiger partial charge in [0.15, 0.2) is 0 Å². The van der Waals surface area contributed by atoms with Crippen LogP contribution in [0.4, 0.5) is 0 Å². The maximum Gasteiger partial charge on any atom is 0.306 e. The van der Waals surface area contributed by atoms with Gasteiger partial charge in [-0.1, -0.05) is 48.9 Å². The minimum Gasteiger partial charge on any atom is -0.460 e. The van der Waals surface area contributed by atoms with Gasteiger partial charge >= 0.3 is 5.97 Å². The fraction of sp³-hybridized carbons (Fsp3) is 0.654. The number of carbonyl (C=O) groups is 1. The highest BCUT2D eigenvalue weighted by atomic mass is 16.6. The molecule has 4 rings (SSSR count). The molecule has 0 bridgehead atoms. The Kier molecular flexibility index (Phi) is 6.30. The molecule has 3 fully saturated rings. The van der Waals surface area contributed by atoms with Crippen molar-refractivity contribution in [3.05, 3.63) is 47.5 Å². The topological polar surface area (TPSA) is 60.6 Å². The molecule has 3 aliphatic rings. The molecule has 5 nitrogen and oxygen atoms in total. The van der Waals surface area contributed by atoms with E-state index in [-0.39, 0.29) is 47.3 Å². The number of methoxy groups -OCH3 is 1. The largest absolute Gasteiger partial charge is 0.460 e. The first-order valence-electron chi connectivity index (χ1n) is 11.5. The van der Waals surface area contributed by atoms with Crippen LogP contribution in [-0.2, 0) is 23.7 Å². The van der Waals surface area contributed by atoms with Crippen molar-refractivity contribution in [3.8, 4) is 0 Å². The third kappa shape index (κ3) is 4.59. The van der Waals surface area contributed by atoms with Gasteiger partial charge in [-0.25, -0.2) is 0 Å². The van der Waals surface area contributed by atoms with Gasteiger partial charge in [-0.05, 0) is 51.5 Å². The van der Waals surface area contributed by atoms with Gasteiger partial charge in [-0.15, -0.1) is 0 Å². The van der Waals surface area contributed by atoms with E-state index >= 15 is 0 Å². The first-order valence-corrected chi connectivity index (χ1v) is 11.5. The summed E-state index contributed by atoms with van der Waals surface area (Å²) < 4.78 is 24.2. The summed E-state index contributed by atoms with van der Waals surface area (Å²) in [4.78, 5) is 12.8. The van der Waals surface area contributed by atoms with Crippen LogP contribution in [0, 0.1) is 5.92 Å². The molecule has 5 heteroatoms. The van der Waals surface area contributed by atoms with Crippen LogP contribution in [0.25, 0.3) is 0 Å². The Morgan fingerprint density at radius 3 is 2.61 bits per heavy atom. The Morgan fingerprint density at radius 1 is 1.29 bits per heavy atom. The number of esters is 1. The standard InChI is InChI=1S/C26H36O5/c1-17(2)11-12-21-25(4,31-21)24-23(28-5)20(13-14-26(24)16-29-26)30-22(27)15-18(3)19-9-7-6-8-10-19/h6-11,18,20-21,23-24H,12-16H2,1-5H3/t18-,20-,21-,23-,24-,25+,26+/m1/s1. The van der Waals surface area contributed by atoms with E-state index in [0.717, 1.165) is 31.4 Å². The van der Waals surface area contributed by atoms with Gasteiger partial charge in [0.05, 0.1) is 25.0 Å². The SMILES string of the molecule is CO[C@@H]1[C@H](OC(=O)C[C@@H](C)c2ccccc2)CC[C@]2(CO2)[C@H]1[C@@]1(C)O[C@@H]1CC=C(C)C. The van der Waals surface area contributed by atoms with Gasteiger partial charge < -0.3 is 18.9 Å². The summed E-state index contributed by atoms with van der Waals surface area (Å²) in [6, 6.07) is 10.1. The molecular weight excluding hydrogens is 392 g/mol. The number of rotatable bonds is 8. The number of allylic oxidation sites excluding steroid dienone is 1. The molecule has 7 atom stereocenters. The van der Waals surface area contributed by atoms with Crippen LogP contribution in [0.3, 0.4) is 0 Å². The third-order valence-corrected chi connectivity index (χ3v) is 7.36. The zero-order valence-electron chi connectivity index (χ0n) is 19.4. The van der Waals surface area contributed by atoms with Crippen LogP contribution < -0.4 is 0 Å². The second-order valence-electron chi connectivity index (χ2n) is 9.92. The van der Waals surface area contributed by atoms with Crippen LogP contribution >= 0.6 is 0 Å². The smallest absolute Gasteiger partial charge is 0.306 e. The first kappa shape index (κ1) is 22.5. The van der Waals surface area contributed by atoms with Crippen molar-refractivity contribution >= 4 is 5.97 Å². The Labute approximate surface area is 186 Å². The Morgan fingerprint density at radius 2 is 2.00 bits per heavy atom. The maximum absolute atomic E-state index is 12.8. The van der Waals surface area contributed by atoms with Crippen molar-refractivity contribution in [1.29, 1.82) is 0 Å². The lowest BCUT2D eigenvalue weighted by molar-refractivity contribution is -0.172. The van der Waals surface area contributed by atoms with Crippen molar-refractivity contribution < 1.29 is 23.7 Å². The molecule has 0 aromatic heterocycles. The van der Waals surface area contributed by atoms with Crippen LogP contribution in [0.5, 0.6) is 0 Å². The van der Waals surface area contributed by atoms with Crippen molar-refractivity contribution in [3.63, 3.8) is 0 Å². The van der Waals surface area contributed by atoms with Crippen molar-refractivity contribution in [2.45, 2.75) is 88.8 Å². The molecular formula is C26H36O5. The van der Waals surface area contributed by atoms with Crippen molar-refractivity contribution in [2.75, 3.05) is 13.7 Å². The average Bonchev–Trinajstić information content (AvgIpc) is 3.65. The maximum atomic E-state index is 12.8. The summed E-state index contributed by atoms with van der Waals surface area (Å²) in [7, 11) is 1.71. The molecule has 31 heavy (non-hydrogen) atoms. The molecule has 1 saturated carbocycles. The van der Waals surface area contributed by atoms with E-state index in [9.17, 15) is 4.79 Å². The number of epoxide rings is 2. The second-order valence-corrected chi connectivity index (χ2v) is 9.92. The number of benzene rings is 1. The highest BCUT2D eigenvalue weighted by Crippen LogP contribution is 2.59. The number of carbonyl (C=O) groups excluding carboxylic acids is 1. The fourth-order valence-corrected chi connectivity index (χ4v) is 5.44. The molecule has 170 valence electrons. The van der Waals surface area contributed by atoms with E-state index in [0.29, 0.717) is 6.42 Å². The lowest BCUT2D eigenvalue weighted by atomic mass is 9.68. The predicted octanol–water partition coefficient (Wildman–Crippen LogP) is 4.80. The number of hydrogen-bond donors (Lipinski definition) is 0. The molecule has 0 radical (unpaired) electrons. The Hall–Kier alpha value is -1.69. The fourth-order valence-electron chi connectivity index (χ4n) is 5.44. The third-order valence-electron chi connectivity index (χ3n) is 7.36. The van der Waals surface area contributed by atoms with E-state index in [2.05, 4.69) is 45.9 Å². The van der Waals surface area contributed by atoms with Gasteiger partial charge in [0.25, 0.3) is 0 Å². The normalized spacial score (nSPS) is 37.2. The summed E-state index contributed by atoms with van der Waals surface area (Å²) in [5, 5.41) is 0. The summed E-state index contributed by atoms with van der Waals surface area (Å²) in [6.45, 7) is 9.18. The highest BCUT2D eigenvalue weighted by molar-refractivity contribution is 5.70. The highest BCUT2D eigenvalue weighted by Gasteiger charge is 2.72. The monoisotopic (exact) mass is 428 g/mol. The number of hydrogen-bond acceptors (Lipinski definition) is 5. The molecule has 1 aromatic rings. The predicted molar refractivity (Wildman–Crippen MR) is 119 cm³/mol. The minimum absolute atomic E-state index is 0.0543. The van der Waals surface area contributed by atoms with E-state index in [1.54, 1.807) is 7.11 Å². The lowest BCUT2D eigenvalue weighted by Gasteiger charge is -2.42. The molecule has 1 aromatic carbocycles. The first-order chi connectivity index (χ1) is 14.8. The zero-order valence-corrected chi connectivity index (χ0v) is 19.4. The average molecular weight is 429 g/mol. The molecule has 2 saturated heterocycles. The Bertz CT molecular complexity index is 810. The summed E-state index contributed by atoms with van der Waals surface area (Å²) in [5.41, 5.74) is 1.93. The van der Waals surface area contributed by atoms with Gasteiger partial charge in [0.2, 0.25) is 0 Å². The number of ether oxygens (including phenoxy) is 4. The molecule has 0 N–H and O–H groups in total. The van der Waals surface area contributed by atoms with Crippen LogP contribution in [0.15, 0.2) is 42.0 Å². The van der Waals surface area contributed by atoms with Gasteiger partial charge in [-0.2, -0.15) is 0 Å². The van der Waals surface area contributed by atoms with E-state index < -0.39 is 0 Å². The summed E-state index contributed by atoms with van der Waals surface area (Å²) >= 11 is 0.